The molecule has 1 aliphatic rings. The highest BCUT2D eigenvalue weighted by atomic mass is 35.5. The summed E-state index contributed by atoms with van der Waals surface area (Å²) in [6.45, 7) is 0.679. The minimum Gasteiger partial charge on any atom is -0.468 e. The average Bonchev–Trinajstić information content (AvgIpc) is 2.60. The monoisotopic (exact) mass is 355 g/mol. The zero-order chi connectivity index (χ0) is 16.7. The van der Waals surface area contributed by atoms with E-state index in [2.05, 4.69) is 20.7 Å². The van der Waals surface area contributed by atoms with E-state index in [1.54, 1.807) is 24.3 Å². The molecule has 1 unspecified atom stereocenters. The van der Waals surface area contributed by atoms with Crippen molar-refractivity contribution in [3.8, 4) is 0 Å². The summed E-state index contributed by atoms with van der Waals surface area (Å²) in [5, 5.41) is 8.46. The minimum absolute atomic E-state index is 0. The first-order valence-corrected chi connectivity index (χ1v) is 7.59. The predicted molar refractivity (Wildman–Crippen MR) is 92.3 cm³/mol. The molecule has 1 fully saturated rings. The molecule has 1 aromatic rings. The van der Waals surface area contributed by atoms with Gasteiger partial charge >= 0.3 is 5.97 Å². The SMILES string of the molecule is COC(=O)CNC(=O)c1ccc(NC(=O)C2CCCCN2)cc1.Cl. The van der Waals surface area contributed by atoms with Gasteiger partial charge in [-0.15, -0.1) is 12.4 Å². The van der Waals surface area contributed by atoms with Gasteiger partial charge in [-0.3, -0.25) is 14.4 Å². The minimum atomic E-state index is -0.512. The molecule has 2 rings (SSSR count). The number of hydrogen-bond acceptors (Lipinski definition) is 5. The first-order chi connectivity index (χ1) is 11.1. The lowest BCUT2D eigenvalue weighted by Crippen LogP contribution is -2.43. The van der Waals surface area contributed by atoms with E-state index in [1.807, 2.05) is 0 Å². The van der Waals surface area contributed by atoms with Crippen LogP contribution in [-0.2, 0) is 14.3 Å². The van der Waals surface area contributed by atoms with Gasteiger partial charge in [-0.25, -0.2) is 0 Å². The molecule has 0 aliphatic carbocycles. The summed E-state index contributed by atoms with van der Waals surface area (Å²) >= 11 is 0. The number of methoxy groups -OCH3 is 1. The molecule has 24 heavy (non-hydrogen) atoms. The number of carbonyl (C=O) groups is 3. The molecule has 2 amide bonds. The van der Waals surface area contributed by atoms with Crippen molar-refractivity contribution in [2.45, 2.75) is 25.3 Å². The van der Waals surface area contributed by atoms with Gasteiger partial charge in [0.15, 0.2) is 0 Å². The number of ether oxygens (including phenoxy) is 1. The van der Waals surface area contributed by atoms with E-state index < -0.39 is 5.97 Å². The summed E-state index contributed by atoms with van der Waals surface area (Å²) in [5.41, 5.74) is 1.04. The molecule has 0 radical (unpaired) electrons. The van der Waals surface area contributed by atoms with Gasteiger partial charge in [0.05, 0.1) is 13.2 Å². The van der Waals surface area contributed by atoms with Crippen molar-refractivity contribution >= 4 is 35.9 Å². The van der Waals surface area contributed by atoms with Crippen molar-refractivity contribution in [3.63, 3.8) is 0 Å². The zero-order valence-corrected chi connectivity index (χ0v) is 14.3. The summed E-state index contributed by atoms with van der Waals surface area (Å²) in [7, 11) is 1.26. The highest BCUT2D eigenvalue weighted by Crippen LogP contribution is 2.13. The molecular formula is C16H22ClN3O4. The van der Waals surface area contributed by atoms with E-state index in [0.717, 1.165) is 25.8 Å². The van der Waals surface area contributed by atoms with Gasteiger partial charge in [0.2, 0.25) is 5.91 Å². The van der Waals surface area contributed by atoms with Gasteiger partial charge in [0, 0.05) is 11.3 Å². The fourth-order valence-corrected chi connectivity index (χ4v) is 2.34. The molecule has 1 aliphatic heterocycles. The van der Waals surface area contributed by atoms with Crippen molar-refractivity contribution in [2.24, 2.45) is 0 Å². The number of amides is 2. The maximum atomic E-state index is 12.1. The van der Waals surface area contributed by atoms with Crippen molar-refractivity contribution in [2.75, 3.05) is 25.5 Å². The Labute approximate surface area is 146 Å². The molecule has 132 valence electrons. The number of piperidine rings is 1. The Morgan fingerprint density at radius 2 is 1.92 bits per heavy atom. The van der Waals surface area contributed by atoms with Gasteiger partial charge in [-0.05, 0) is 43.7 Å². The molecule has 0 spiro atoms. The summed E-state index contributed by atoms with van der Waals surface area (Å²) in [6, 6.07) is 6.35. The Morgan fingerprint density at radius 1 is 1.21 bits per heavy atom. The Hall–Kier alpha value is -2.12. The summed E-state index contributed by atoms with van der Waals surface area (Å²) < 4.78 is 4.45. The molecule has 0 bridgehead atoms. The third kappa shape index (κ3) is 5.82. The smallest absolute Gasteiger partial charge is 0.325 e. The lowest BCUT2D eigenvalue weighted by molar-refractivity contribution is -0.139. The van der Waals surface area contributed by atoms with Crippen molar-refractivity contribution in [1.82, 2.24) is 10.6 Å². The second-order valence-corrected chi connectivity index (χ2v) is 5.33. The predicted octanol–water partition coefficient (Wildman–Crippen LogP) is 1.09. The van der Waals surface area contributed by atoms with Crippen LogP contribution >= 0.6 is 12.4 Å². The second kappa shape index (κ2) is 9.89. The van der Waals surface area contributed by atoms with Crippen LogP contribution in [0.4, 0.5) is 5.69 Å². The molecule has 0 saturated carbocycles. The van der Waals surface area contributed by atoms with Crippen LogP contribution in [0, 0.1) is 0 Å². The van der Waals surface area contributed by atoms with E-state index in [0.29, 0.717) is 11.3 Å². The van der Waals surface area contributed by atoms with Crippen LogP contribution in [-0.4, -0.2) is 44.0 Å². The van der Waals surface area contributed by atoms with E-state index in [4.69, 9.17) is 0 Å². The van der Waals surface area contributed by atoms with E-state index in [9.17, 15) is 14.4 Å². The highest BCUT2D eigenvalue weighted by molar-refractivity contribution is 5.98. The zero-order valence-electron chi connectivity index (χ0n) is 13.5. The third-order valence-electron chi connectivity index (χ3n) is 3.66. The molecule has 1 aromatic carbocycles. The molecule has 3 N–H and O–H groups in total. The van der Waals surface area contributed by atoms with Crippen LogP contribution in [0.15, 0.2) is 24.3 Å². The molecule has 1 saturated heterocycles. The number of hydrogen-bond donors (Lipinski definition) is 3. The van der Waals surface area contributed by atoms with Crippen LogP contribution < -0.4 is 16.0 Å². The fourth-order valence-electron chi connectivity index (χ4n) is 2.34. The van der Waals surface area contributed by atoms with Gasteiger partial charge in [-0.2, -0.15) is 0 Å². The number of carbonyl (C=O) groups excluding carboxylic acids is 3. The molecule has 1 atom stereocenters. The topological polar surface area (TPSA) is 96.5 Å². The first-order valence-electron chi connectivity index (χ1n) is 7.59. The Kier molecular flexibility index (Phi) is 8.21. The average molecular weight is 356 g/mol. The van der Waals surface area contributed by atoms with Crippen LogP contribution in [0.3, 0.4) is 0 Å². The summed E-state index contributed by atoms with van der Waals surface area (Å²) in [6.07, 6.45) is 2.98. The first kappa shape index (κ1) is 19.9. The number of esters is 1. The maximum absolute atomic E-state index is 12.1. The van der Waals surface area contributed by atoms with Crippen molar-refractivity contribution in [1.29, 1.82) is 0 Å². The number of benzene rings is 1. The molecule has 0 aromatic heterocycles. The maximum Gasteiger partial charge on any atom is 0.325 e. The number of anilines is 1. The molecule has 1 heterocycles. The molecule has 8 heteroatoms. The lowest BCUT2D eigenvalue weighted by Gasteiger charge is -2.22. The van der Waals surface area contributed by atoms with Crippen LogP contribution in [0.5, 0.6) is 0 Å². The van der Waals surface area contributed by atoms with Gasteiger partial charge in [-0.1, -0.05) is 6.42 Å². The third-order valence-corrected chi connectivity index (χ3v) is 3.66. The Morgan fingerprint density at radius 3 is 2.50 bits per heavy atom. The van der Waals surface area contributed by atoms with Gasteiger partial charge in [0.1, 0.15) is 6.54 Å². The van der Waals surface area contributed by atoms with Crippen molar-refractivity contribution in [3.05, 3.63) is 29.8 Å². The summed E-state index contributed by atoms with van der Waals surface area (Å²) in [5.74, 6) is -0.947. The van der Waals surface area contributed by atoms with E-state index in [1.165, 1.54) is 7.11 Å². The Balaban J connectivity index is 0.00000288. The van der Waals surface area contributed by atoms with Crippen LogP contribution in [0.1, 0.15) is 29.6 Å². The van der Waals surface area contributed by atoms with Crippen LogP contribution in [0.2, 0.25) is 0 Å². The number of nitrogens with one attached hydrogen (secondary N) is 3. The fraction of sp³-hybridized carbons (Fsp3) is 0.438. The standard InChI is InChI=1S/C16H21N3O4.ClH/c1-23-14(20)10-18-15(21)11-5-7-12(8-6-11)19-16(22)13-4-2-3-9-17-13;/h5-8,13,17H,2-4,9-10H2,1H3,(H,18,21)(H,19,22);1H. The van der Waals surface area contributed by atoms with E-state index >= 15 is 0 Å². The largest absolute Gasteiger partial charge is 0.468 e. The number of rotatable bonds is 5. The van der Waals surface area contributed by atoms with Gasteiger partial charge in [0.25, 0.3) is 5.91 Å². The Bertz CT molecular complexity index is 571. The normalized spacial score (nSPS) is 16.5. The van der Waals surface area contributed by atoms with Crippen LogP contribution in [0.25, 0.3) is 0 Å². The van der Waals surface area contributed by atoms with Gasteiger partial charge < -0.3 is 20.7 Å². The summed E-state index contributed by atoms with van der Waals surface area (Å²) in [4.78, 5) is 34.9. The second-order valence-electron chi connectivity index (χ2n) is 5.33. The number of halogens is 1. The lowest BCUT2D eigenvalue weighted by atomic mass is 10.0. The van der Waals surface area contributed by atoms with Crippen molar-refractivity contribution < 1.29 is 19.1 Å². The highest BCUT2D eigenvalue weighted by Gasteiger charge is 2.20. The quantitative estimate of drug-likeness (QED) is 0.687. The van der Waals surface area contributed by atoms with E-state index in [-0.39, 0.29) is 36.8 Å². The molecular weight excluding hydrogens is 334 g/mol. The molecule has 7 nitrogen and oxygen atoms in total.